The van der Waals surface area contributed by atoms with Gasteiger partial charge in [0.15, 0.2) is 0 Å². The van der Waals surface area contributed by atoms with E-state index in [1.807, 2.05) is 45.0 Å². The lowest BCUT2D eigenvalue weighted by Gasteiger charge is -2.26. The number of nitrogens with zero attached hydrogens (tertiary/aromatic N) is 1. The number of carbonyl (C=O) groups is 1. The maximum Gasteiger partial charge on any atom is 0.244 e. The van der Waals surface area contributed by atoms with Crippen molar-refractivity contribution in [1.29, 1.82) is 0 Å². The predicted octanol–water partition coefficient (Wildman–Crippen LogP) is 1.75. The van der Waals surface area contributed by atoms with Crippen LogP contribution in [0.5, 0.6) is 0 Å². The number of aliphatic hydroxyl groups is 1. The number of hydrogen-bond acceptors (Lipinski definition) is 3. The smallest absolute Gasteiger partial charge is 0.244 e. The average molecular weight is 290 g/mol. The van der Waals surface area contributed by atoms with E-state index in [0.717, 1.165) is 11.1 Å². The van der Waals surface area contributed by atoms with Crippen molar-refractivity contribution in [2.75, 3.05) is 27.2 Å². The molecule has 1 aromatic carbocycles. The number of rotatable bonds is 6. The second kappa shape index (κ2) is 7.38. The number of benzene rings is 1. The molecule has 0 aliphatic carbocycles. The van der Waals surface area contributed by atoms with E-state index in [1.54, 1.807) is 13.0 Å². The number of amides is 1. The Labute approximate surface area is 127 Å². The minimum atomic E-state index is -0.938. The highest BCUT2D eigenvalue weighted by molar-refractivity contribution is 5.91. The first-order valence-corrected chi connectivity index (χ1v) is 7.10. The maximum atomic E-state index is 11.8. The molecule has 1 atom stereocenters. The molecule has 0 aliphatic heterocycles. The van der Waals surface area contributed by atoms with E-state index < -0.39 is 5.60 Å². The van der Waals surface area contributed by atoms with Gasteiger partial charge in [0.2, 0.25) is 5.91 Å². The summed E-state index contributed by atoms with van der Waals surface area (Å²) in [6.45, 7) is 6.49. The lowest BCUT2D eigenvalue weighted by Crippen LogP contribution is -2.46. The summed E-state index contributed by atoms with van der Waals surface area (Å²) in [7, 11) is 3.77. The van der Waals surface area contributed by atoms with Crippen LogP contribution in [0.15, 0.2) is 24.3 Å². The van der Waals surface area contributed by atoms with Crippen LogP contribution in [-0.2, 0) is 4.79 Å². The third-order valence-corrected chi connectivity index (χ3v) is 3.14. The molecule has 0 radical (unpaired) electrons. The molecular formula is C17H26N2O2. The molecule has 2 N–H and O–H groups in total. The summed E-state index contributed by atoms with van der Waals surface area (Å²) in [5, 5.41) is 12.8. The van der Waals surface area contributed by atoms with Crippen molar-refractivity contribution in [3.63, 3.8) is 0 Å². The van der Waals surface area contributed by atoms with Crippen LogP contribution in [0.3, 0.4) is 0 Å². The van der Waals surface area contributed by atoms with Crippen molar-refractivity contribution in [2.45, 2.75) is 26.4 Å². The van der Waals surface area contributed by atoms with Crippen LogP contribution in [0, 0.1) is 13.8 Å². The summed E-state index contributed by atoms with van der Waals surface area (Å²) >= 11 is 0. The van der Waals surface area contributed by atoms with Crippen LogP contribution in [0.25, 0.3) is 6.08 Å². The summed E-state index contributed by atoms with van der Waals surface area (Å²) < 4.78 is 0. The topological polar surface area (TPSA) is 52.6 Å². The first-order chi connectivity index (χ1) is 9.69. The highest BCUT2D eigenvalue weighted by Gasteiger charge is 2.21. The highest BCUT2D eigenvalue weighted by Crippen LogP contribution is 2.12. The molecule has 0 bridgehead atoms. The molecule has 0 saturated heterocycles. The van der Waals surface area contributed by atoms with E-state index in [1.165, 1.54) is 11.6 Å². The van der Waals surface area contributed by atoms with Gasteiger partial charge in [0.1, 0.15) is 0 Å². The third kappa shape index (κ3) is 6.56. The fraction of sp³-hybridized carbons (Fsp3) is 0.471. The van der Waals surface area contributed by atoms with Crippen LogP contribution < -0.4 is 5.32 Å². The van der Waals surface area contributed by atoms with Gasteiger partial charge in [-0.1, -0.05) is 23.8 Å². The van der Waals surface area contributed by atoms with E-state index in [4.69, 9.17) is 0 Å². The van der Waals surface area contributed by atoms with Gasteiger partial charge in [-0.3, -0.25) is 4.79 Å². The van der Waals surface area contributed by atoms with E-state index in [2.05, 4.69) is 11.4 Å². The van der Waals surface area contributed by atoms with Gasteiger partial charge < -0.3 is 15.3 Å². The zero-order chi connectivity index (χ0) is 16.0. The van der Waals surface area contributed by atoms with Crippen LogP contribution in [0.1, 0.15) is 23.6 Å². The molecule has 0 fully saturated rings. The maximum absolute atomic E-state index is 11.8. The molecule has 0 saturated carbocycles. The third-order valence-electron chi connectivity index (χ3n) is 3.14. The molecule has 0 spiro atoms. The molecule has 0 aliphatic rings. The van der Waals surface area contributed by atoms with E-state index in [0.29, 0.717) is 6.54 Å². The molecule has 4 nitrogen and oxygen atoms in total. The van der Waals surface area contributed by atoms with Crippen molar-refractivity contribution < 1.29 is 9.90 Å². The van der Waals surface area contributed by atoms with Gasteiger partial charge in [-0.2, -0.15) is 0 Å². The van der Waals surface area contributed by atoms with Crippen molar-refractivity contribution in [3.05, 3.63) is 41.0 Å². The quantitative estimate of drug-likeness (QED) is 0.785. The van der Waals surface area contributed by atoms with Crippen LogP contribution in [0.2, 0.25) is 0 Å². The van der Waals surface area contributed by atoms with Crippen LogP contribution in [0.4, 0.5) is 0 Å². The lowest BCUT2D eigenvalue weighted by molar-refractivity contribution is -0.117. The van der Waals surface area contributed by atoms with Gasteiger partial charge in [0, 0.05) is 19.2 Å². The van der Waals surface area contributed by atoms with Crippen molar-refractivity contribution in [3.8, 4) is 0 Å². The first-order valence-electron chi connectivity index (χ1n) is 7.10. The van der Waals surface area contributed by atoms with Gasteiger partial charge in [-0.15, -0.1) is 0 Å². The Hall–Kier alpha value is -1.65. The summed E-state index contributed by atoms with van der Waals surface area (Å²) in [5.74, 6) is -0.200. The SMILES string of the molecule is Cc1ccc(/C=C/C(=O)NCC(C)(O)CN(C)C)c(C)c1. The molecule has 1 amide bonds. The average Bonchev–Trinajstić information content (AvgIpc) is 2.34. The molecule has 21 heavy (non-hydrogen) atoms. The number of aryl methyl sites for hydroxylation is 2. The molecule has 0 heterocycles. The highest BCUT2D eigenvalue weighted by atomic mass is 16.3. The molecule has 0 aromatic heterocycles. The number of carbonyl (C=O) groups excluding carboxylic acids is 1. The second-order valence-electron chi connectivity index (χ2n) is 6.15. The van der Waals surface area contributed by atoms with Gasteiger partial charge in [0.05, 0.1) is 5.60 Å². The second-order valence-corrected chi connectivity index (χ2v) is 6.15. The molecule has 1 unspecified atom stereocenters. The minimum absolute atomic E-state index is 0.200. The number of nitrogens with one attached hydrogen (secondary N) is 1. The van der Waals surface area contributed by atoms with E-state index in [-0.39, 0.29) is 12.5 Å². The van der Waals surface area contributed by atoms with Crippen LogP contribution >= 0.6 is 0 Å². The van der Waals surface area contributed by atoms with Crippen LogP contribution in [-0.4, -0.2) is 48.7 Å². The molecule has 1 rings (SSSR count). The van der Waals surface area contributed by atoms with Gasteiger partial charge in [-0.05, 0) is 52.1 Å². The molecular weight excluding hydrogens is 264 g/mol. The summed E-state index contributed by atoms with van der Waals surface area (Å²) in [6.07, 6.45) is 3.30. The minimum Gasteiger partial charge on any atom is -0.387 e. The Morgan fingerprint density at radius 2 is 2.05 bits per heavy atom. The van der Waals surface area contributed by atoms with Gasteiger partial charge in [0.25, 0.3) is 0 Å². The zero-order valence-corrected chi connectivity index (χ0v) is 13.6. The Balaban J connectivity index is 2.55. The summed E-state index contributed by atoms with van der Waals surface area (Å²) in [4.78, 5) is 13.7. The molecule has 116 valence electrons. The summed E-state index contributed by atoms with van der Waals surface area (Å²) in [5.41, 5.74) is 2.43. The van der Waals surface area contributed by atoms with Gasteiger partial charge >= 0.3 is 0 Å². The monoisotopic (exact) mass is 290 g/mol. The Kier molecular flexibility index (Phi) is 6.12. The summed E-state index contributed by atoms with van der Waals surface area (Å²) in [6, 6.07) is 6.10. The zero-order valence-electron chi connectivity index (χ0n) is 13.6. The molecule has 4 heteroatoms. The lowest BCUT2D eigenvalue weighted by atomic mass is 10.1. The van der Waals surface area contributed by atoms with Gasteiger partial charge in [-0.25, -0.2) is 0 Å². The van der Waals surface area contributed by atoms with E-state index >= 15 is 0 Å². The molecule has 1 aromatic rings. The number of hydrogen-bond donors (Lipinski definition) is 2. The predicted molar refractivity (Wildman–Crippen MR) is 87.1 cm³/mol. The van der Waals surface area contributed by atoms with Crippen molar-refractivity contribution in [2.24, 2.45) is 0 Å². The Bertz CT molecular complexity index is 520. The standard InChI is InChI=1S/C17H26N2O2/c1-13-6-7-15(14(2)10-13)8-9-16(20)18-11-17(3,21)12-19(4)5/h6-10,21H,11-12H2,1-5H3,(H,18,20)/b9-8+. The van der Waals surface area contributed by atoms with Crippen molar-refractivity contribution in [1.82, 2.24) is 10.2 Å². The van der Waals surface area contributed by atoms with Crippen molar-refractivity contribution >= 4 is 12.0 Å². The fourth-order valence-corrected chi connectivity index (χ4v) is 2.25. The Morgan fingerprint density at radius 1 is 1.38 bits per heavy atom. The normalized spacial score (nSPS) is 14.4. The fourth-order valence-electron chi connectivity index (χ4n) is 2.25. The van der Waals surface area contributed by atoms with E-state index in [9.17, 15) is 9.90 Å². The first kappa shape index (κ1) is 17.4. The largest absolute Gasteiger partial charge is 0.387 e. The number of likely N-dealkylation sites (N-methyl/N-ethyl adjacent to an activating group) is 1. The Morgan fingerprint density at radius 3 is 2.62 bits per heavy atom.